The van der Waals surface area contributed by atoms with Crippen LogP contribution in [0.2, 0.25) is 0 Å². The molecule has 78 heavy (non-hydrogen) atoms. The predicted octanol–water partition coefficient (Wildman–Crippen LogP) is 15.2. The van der Waals surface area contributed by atoms with Crippen molar-refractivity contribution in [1.29, 1.82) is 0 Å². The first-order chi connectivity index (χ1) is 38.1. The average Bonchev–Trinajstić information content (AvgIpc) is 3.43. The van der Waals surface area contributed by atoms with Gasteiger partial charge in [0.1, 0.15) is 0 Å². The molecule has 10 nitrogen and oxygen atoms in total. The van der Waals surface area contributed by atoms with Crippen molar-refractivity contribution in [2.24, 2.45) is 0 Å². The van der Waals surface area contributed by atoms with Gasteiger partial charge in [-0.25, -0.2) is 0 Å². The molecule has 0 aromatic heterocycles. The zero-order valence-electron chi connectivity index (χ0n) is 53.4. The molecule has 0 bridgehead atoms. The van der Waals surface area contributed by atoms with Gasteiger partial charge in [0.15, 0.2) is 0 Å². The first-order valence-electron chi connectivity index (χ1n) is 35.2. The Bertz CT molecular complexity index is 1150. The van der Waals surface area contributed by atoms with Crippen LogP contribution in [-0.4, -0.2) is 179 Å². The largest absolute Gasteiger partial charge is 0.392 e. The SMILES string of the molecule is CCCCCCCCCCC(O)CN(CCN1CCN(CCN(CC(O)CCCCCCCCCC)CC(O)CCCCCCCCCC)CC1)CCN(CC(O)CCCCCCCC)CC(O)CCCCCCCCCC. The maximum Gasteiger partial charge on any atom is 0.0667 e. The topological polar surface area (TPSA) is 117 Å². The Morgan fingerprint density at radius 2 is 0.423 bits per heavy atom. The van der Waals surface area contributed by atoms with Gasteiger partial charge in [-0.05, 0) is 32.1 Å². The molecule has 1 aliphatic rings. The van der Waals surface area contributed by atoms with E-state index < -0.39 is 0 Å². The van der Waals surface area contributed by atoms with E-state index in [9.17, 15) is 25.5 Å². The number of aliphatic hydroxyl groups excluding tert-OH is 5. The summed E-state index contributed by atoms with van der Waals surface area (Å²) < 4.78 is 0. The lowest BCUT2D eigenvalue weighted by molar-refractivity contribution is 0.0419. The lowest BCUT2D eigenvalue weighted by Gasteiger charge is -2.37. The van der Waals surface area contributed by atoms with Crippen LogP contribution in [0.1, 0.15) is 311 Å². The third-order valence-corrected chi connectivity index (χ3v) is 17.5. The average molecular weight is 1110 g/mol. The van der Waals surface area contributed by atoms with Crippen LogP contribution >= 0.6 is 0 Å². The zero-order valence-corrected chi connectivity index (χ0v) is 53.4. The summed E-state index contributed by atoms with van der Waals surface area (Å²) in [5.74, 6) is 0. The summed E-state index contributed by atoms with van der Waals surface area (Å²) in [7, 11) is 0. The first kappa shape index (κ1) is 75.6. The molecule has 1 heterocycles. The molecular formula is C68H141N5O5. The standard InChI is InChI=1S/C68H141N5O5/c1-6-11-16-21-26-30-35-40-44-64(74)59-71(56-58-73(62-67(77)45-39-34-25-20-15-10-5)63-68(78)48-43-38-33-29-24-19-14-9-4)55-53-69-49-51-70(52-50-69)54-57-72(60-65(75)46-41-36-31-27-22-17-12-7-2)61-66(76)47-42-37-32-28-23-18-13-8-3/h64-68,74-78H,6-63H2,1-5H3. The third-order valence-electron chi connectivity index (χ3n) is 17.5. The van der Waals surface area contributed by atoms with Crippen LogP contribution < -0.4 is 0 Å². The predicted molar refractivity (Wildman–Crippen MR) is 339 cm³/mol. The summed E-state index contributed by atoms with van der Waals surface area (Å²) >= 11 is 0. The van der Waals surface area contributed by atoms with Gasteiger partial charge >= 0.3 is 0 Å². The molecule has 5 N–H and O–H groups in total. The van der Waals surface area contributed by atoms with E-state index in [0.717, 1.165) is 130 Å². The second-order valence-corrected chi connectivity index (χ2v) is 25.4. The van der Waals surface area contributed by atoms with Gasteiger partial charge in [0.05, 0.1) is 30.5 Å². The molecule has 0 aliphatic carbocycles. The van der Waals surface area contributed by atoms with Crippen LogP contribution in [0, 0.1) is 0 Å². The maximum absolute atomic E-state index is 11.5. The lowest BCUT2D eigenvalue weighted by atomic mass is 10.0. The van der Waals surface area contributed by atoms with Crippen molar-refractivity contribution in [1.82, 2.24) is 24.5 Å². The van der Waals surface area contributed by atoms with Crippen LogP contribution in [0.5, 0.6) is 0 Å². The van der Waals surface area contributed by atoms with Gasteiger partial charge in [0.2, 0.25) is 0 Å². The number of hydrogen-bond acceptors (Lipinski definition) is 10. The Labute approximate surface area is 487 Å². The second-order valence-electron chi connectivity index (χ2n) is 25.4. The van der Waals surface area contributed by atoms with E-state index in [1.54, 1.807) is 0 Å². The molecule has 10 heteroatoms. The van der Waals surface area contributed by atoms with Crippen LogP contribution in [0.15, 0.2) is 0 Å². The summed E-state index contributed by atoms with van der Waals surface area (Å²) in [5.41, 5.74) is 0. The molecule has 0 saturated carbocycles. The van der Waals surface area contributed by atoms with Crippen molar-refractivity contribution >= 4 is 0 Å². The summed E-state index contributed by atoms with van der Waals surface area (Å²) in [6.07, 6.45) is 50.5. The molecular weight excluding hydrogens is 967 g/mol. The number of rotatable bonds is 62. The highest BCUT2D eigenvalue weighted by atomic mass is 16.3. The molecule has 5 atom stereocenters. The maximum atomic E-state index is 11.5. The van der Waals surface area contributed by atoms with Crippen molar-refractivity contribution < 1.29 is 25.5 Å². The summed E-state index contributed by atoms with van der Waals surface area (Å²) in [4.78, 5) is 12.4. The molecule has 468 valence electrons. The van der Waals surface area contributed by atoms with E-state index >= 15 is 0 Å². The fourth-order valence-corrected chi connectivity index (χ4v) is 12.1. The molecule has 1 aliphatic heterocycles. The van der Waals surface area contributed by atoms with Crippen molar-refractivity contribution in [2.45, 2.75) is 341 Å². The van der Waals surface area contributed by atoms with E-state index in [-0.39, 0.29) is 30.5 Å². The Morgan fingerprint density at radius 1 is 0.244 bits per heavy atom. The smallest absolute Gasteiger partial charge is 0.0667 e. The Hall–Kier alpha value is -0.400. The summed E-state index contributed by atoms with van der Waals surface area (Å²) in [5, 5.41) is 56.8. The van der Waals surface area contributed by atoms with E-state index in [1.165, 1.54) is 212 Å². The van der Waals surface area contributed by atoms with Gasteiger partial charge in [-0.2, -0.15) is 0 Å². The second kappa shape index (κ2) is 57.1. The Kier molecular flexibility index (Phi) is 55.3. The van der Waals surface area contributed by atoms with Gasteiger partial charge in [-0.1, -0.05) is 279 Å². The molecule has 1 saturated heterocycles. The van der Waals surface area contributed by atoms with E-state index in [2.05, 4.69) is 59.1 Å². The molecule has 0 aromatic carbocycles. The number of nitrogens with zero attached hydrogens (tertiary/aromatic N) is 5. The van der Waals surface area contributed by atoms with Crippen molar-refractivity contribution in [3.8, 4) is 0 Å². The number of hydrogen-bond donors (Lipinski definition) is 5. The number of unbranched alkanes of at least 4 members (excludes halogenated alkanes) is 33. The molecule has 5 unspecified atom stereocenters. The molecule has 0 aromatic rings. The van der Waals surface area contributed by atoms with E-state index in [0.29, 0.717) is 32.7 Å². The van der Waals surface area contributed by atoms with Crippen molar-refractivity contribution in [2.75, 3.05) is 98.2 Å². The van der Waals surface area contributed by atoms with Gasteiger partial charge in [0, 0.05) is 98.2 Å². The van der Waals surface area contributed by atoms with Gasteiger partial charge in [-0.15, -0.1) is 0 Å². The van der Waals surface area contributed by atoms with Crippen LogP contribution in [-0.2, 0) is 0 Å². The van der Waals surface area contributed by atoms with Crippen molar-refractivity contribution in [3.63, 3.8) is 0 Å². The third kappa shape index (κ3) is 49.1. The van der Waals surface area contributed by atoms with Crippen LogP contribution in [0.25, 0.3) is 0 Å². The summed E-state index contributed by atoms with van der Waals surface area (Å²) in [6.45, 7) is 24.0. The molecule has 1 fully saturated rings. The zero-order chi connectivity index (χ0) is 56.8. The number of piperazine rings is 1. The Morgan fingerprint density at radius 3 is 0.667 bits per heavy atom. The van der Waals surface area contributed by atoms with Gasteiger partial charge in [0.25, 0.3) is 0 Å². The molecule has 0 amide bonds. The highest BCUT2D eigenvalue weighted by Crippen LogP contribution is 2.18. The normalized spacial score (nSPS) is 15.8. The highest BCUT2D eigenvalue weighted by molar-refractivity contribution is 4.79. The quantitative estimate of drug-likeness (QED) is 0.0377. The minimum absolute atomic E-state index is 0.342. The molecule has 0 radical (unpaired) electrons. The molecule has 0 spiro atoms. The van der Waals surface area contributed by atoms with Crippen LogP contribution in [0.4, 0.5) is 0 Å². The monoisotopic (exact) mass is 1110 g/mol. The highest BCUT2D eigenvalue weighted by Gasteiger charge is 2.23. The van der Waals surface area contributed by atoms with Crippen LogP contribution in [0.3, 0.4) is 0 Å². The molecule has 1 rings (SSSR count). The van der Waals surface area contributed by atoms with Gasteiger partial charge in [-0.3, -0.25) is 24.5 Å². The fraction of sp³-hybridized carbons (Fsp3) is 1.00. The summed E-state index contributed by atoms with van der Waals surface area (Å²) in [6, 6.07) is 0. The minimum atomic E-state index is -0.384. The minimum Gasteiger partial charge on any atom is -0.392 e. The lowest BCUT2D eigenvalue weighted by Crippen LogP contribution is -2.51. The first-order valence-corrected chi connectivity index (χ1v) is 35.2. The Balaban J connectivity index is 2.92. The van der Waals surface area contributed by atoms with E-state index in [4.69, 9.17) is 0 Å². The van der Waals surface area contributed by atoms with E-state index in [1.807, 2.05) is 0 Å². The fourth-order valence-electron chi connectivity index (χ4n) is 12.1. The number of aliphatic hydroxyl groups is 5. The van der Waals surface area contributed by atoms with Gasteiger partial charge < -0.3 is 25.5 Å². The van der Waals surface area contributed by atoms with Crippen molar-refractivity contribution in [3.05, 3.63) is 0 Å².